The number of amides is 1. The van der Waals surface area contributed by atoms with Crippen molar-refractivity contribution in [1.29, 1.82) is 0 Å². The Morgan fingerprint density at radius 1 is 1.10 bits per heavy atom. The van der Waals surface area contributed by atoms with E-state index in [2.05, 4.69) is 41.1 Å². The molecule has 0 saturated carbocycles. The van der Waals surface area contributed by atoms with E-state index in [9.17, 15) is 9.59 Å². The molecule has 0 spiro atoms. The van der Waals surface area contributed by atoms with Gasteiger partial charge in [-0.2, -0.15) is 0 Å². The molecule has 4 rings (SSSR count). The molecule has 1 aromatic carbocycles. The number of aromatic nitrogens is 2. The van der Waals surface area contributed by atoms with E-state index in [1.54, 1.807) is 10.9 Å². The van der Waals surface area contributed by atoms with E-state index < -0.39 is 0 Å². The lowest BCUT2D eigenvalue weighted by atomic mass is 10.1. The van der Waals surface area contributed by atoms with Gasteiger partial charge < -0.3 is 4.90 Å². The molecule has 1 aliphatic rings. The van der Waals surface area contributed by atoms with Gasteiger partial charge in [-0.15, -0.1) is 11.3 Å². The van der Waals surface area contributed by atoms with Crippen LogP contribution in [0.2, 0.25) is 0 Å². The lowest BCUT2D eigenvalue weighted by molar-refractivity contribution is 0.0632. The molecule has 1 amide bonds. The van der Waals surface area contributed by atoms with Gasteiger partial charge in [-0.05, 0) is 24.5 Å². The predicted octanol–water partition coefficient (Wildman–Crippen LogP) is 3.91. The summed E-state index contributed by atoms with van der Waals surface area (Å²) in [6.07, 6.45) is 4.80. The molecule has 3 aromatic rings. The van der Waals surface area contributed by atoms with Crippen LogP contribution < -0.4 is 5.56 Å². The molecule has 0 aliphatic carbocycles. The number of nitrogens with zero attached hydrogens (tertiary/aromatic N) is 4. The summed E-state index contributed by atoms with van der Waals surface area (Å²) in [5, 5.41) is 0.607. The lowest BCUT2D eigenvalue weighted by Crippen LogP contribution is -2.48. The number of carbonyl (C=O) groups is 1. The van der Waals surface area contributed by atoms with Crippen LogP contribution in [0.1, 0.15) is 47.0 Å². The molecule has 0 radical (unpaired) electrons. The van der Waals surface area contributed by atoms with Crippen molar-refractivity contribution in [2.75, 3.05) is 26.2 Å². The Labute approximate surface area is 187 Å². The first-order valence-corrected chi connectivity index (χ1v) is 11.9. The van der Waals surface area contributed by atoms with E-state index in [4.69, 9.17) is 0 Å². The molecule has 0 unspecified atom stereocenters. The zero-order valence-corrected chi connectivity index (χ0v) is 19.2. The Hall–Kier alpha value is -2.51. The monoisotopic (exact) mass is 438 g/mol. The smallest absolute Gasteiger partial charge is 0.264 e. The number of piperazine rings is 1. The van der Waals surface area contributed by atoms with Gasteiger partial charge in [0.05, 0.1) is 16.6 Å². The minimum Gasteiger partial charge on any atom is -0.335 e. The number of benzene rings is 1. The fourth-order valence-electron chi connectivity index (χ4n) is 4.15. The molecule has 0 N–H and O–H groups in total. The van der Waals surface area contributed by atoms with Gasteiger partial charge >= 0.3 is 0 Å². The van der Waals surface area contributed by atoms with Crippen molar-refractivity contribution in [2.24, 2.45) is 0 Å². The molecule has 164 valence electrons. The highest BCUT2D eigenvalue weighted by molar-refractivity contribution is 7.20. The van der Waals surface area contributed by atoms with Crippen LogP contribution in [0.4, 0.5) is 0 Å². The normalized spacial score (nSPS) is 15.0. The summed E-state index contributed by atoms with van der Waals surface area (Å²) in [5.41, 5.74) is 2.05. The maximum Gasteiger partial charge on any atom is 0.264 e. The average molecular weight is 439 g/mol. The summed E-state index contributed by atoms with van der Waals surface area (Å²) < 4.78 is 1.69. The van der Waals surface area contributed by atoms with Crippen LogP contribution in [0.25, 0.3) is 10.2 Å². The van der Waals surface area contributed by atoms with Crippen LogP contribution in [0.5, 0.6) is 0 Å². The summed E-state index contributed by atoms with van der Waals surface area (Å²) in [6.45, 7) is 8.73. The quantitative estimate of drug-likeness (QED) is 0.525. The Balaban J connectivity index is 1.46. The van der Waals surface area contributed by atoms with E-state index in [1.807, 2.05) is 17.9 Å². The lowest BCUT2D eigenvalue weighted by Gasteiger charge is -2.34. The fraction of sp³-hybridized carbons (Fsp3) is 0.458. The molecule has 0 bridgehead atoms. The van der Waals surface area contributed by atoms with E-state index in [1.165, 1.54) is 16.9 Å². The van der Waals surface area contributed by atoms with Gasteiger partial charge in [-0.3, -0.25) is 19.1 Å². The number of hydrogen-bond acceptors (Lipinski definition) is 5. The second kappa shape index (κ2) is 9.75. The molecule has 31 heavy (non-hydrogen) atoms. The number of rotatable bonds is 7. The van der Waals surface area contributed by atoms with Crippen LogP contribution in [0, 0.1) is 6.92 Å². The third-order valence-corrected chi connectivity index (χ3v) is 7.21. The van der Waals surface area contributed by atoms with Crippen LogP contribution in [0.15, 0.2) is 41.5 Å². The van der Waals surface area contributed by atoms with Crippen molar-refractivity contribution >= 4 is 27.5 Å². The Morgan fingerprint density at radius 3 is 2.55 bits per heavy atom. The SMILES string of the molecule is CCCCCn1cnc2sc(C(=O)N3CCN(Cc4ccccc4)CC3)c(C)c2c1=O. The minimum absolute atomic E-state index is 0.0248. The summed E-state index contributed by atoms with van der Waals surface area (Å²) in [4.78, 5) is 36.3. The third kappa shape index (κ3) is 4.72. The first-order valence-electron chi connectivity index (χ1n) is 11.1. The van der Waals surface area contributed by atoms with Crippen molar-refractivity contribution in [3.63, 3.8) is 0 Å². The molecular weight excluding hydrogens is 408 g/mol. The molecule has 3 heterocycles. The summed E-state index contributed by atoms with van der Waals surface area (Å²) in [7, 11) is 0. The maximum atomic E-state index is 13.2. The Bertz CT molecular complexity index is 1100. The van der Waals surface area contributed by atoms with Gasteiger partial charge in [-0.25, -0.2) is 4.98 Å². The topological polar surface area (TPSA) is 58.4 Å². The third-order valence-electron chi connectivity index (χ3n) is 6.02. The first-order chi connectivity index (χ1) is 15.1. The largest absolute Gasteiger partial charge is 0.335 e. The van der Waals surface area contributed by atoms with Crippen molar-refractivity contribution in [1.82, 2.24) is 19.4 Å². The van der Waals surface area contributed by atoms with Gasteiger partial charge in [0.2, 0.25) is 0 Å². The van der Waals surface area contributed by atoms with Crippen molar-refractivity contribution in [3.8, 4) is 0 Å². The van der Waals surface area contributed by atoms with Crippen LogP contribution >= 0.6 is 11.3 Å². The number of hydrogen-bond donors (Lipinski definition) is 0. The van der Waals surface area contributed by atoms with Crippen molar-refractivity contribution in [3.05, 3.63) is 63.0 Å². The molecule has 0 atom stereocenters. The summed E-state index contributed by atoms with van der Waals surface area (Å²) in [6, 6.07) is 10.4. The van der Waals surface area contributed by atoms with Gasteiger partial charge in [0, 0.05) is 39.3 Å². The highest BCUT2D eigenvalue weighted by Gasteiger charge is 2.26. The van der Waals surface area contributed by atoms with Crippen LogP contribution in [-0.4, -0.2) is 51.4 Å². The zero-order valence-electron chi connectivity index (χ0n) is 18.3. The molecular formula is C24H30N4O2S. The van der Waals surface area contributed by atoms with Gasteiger partial charge in [0.25, 0.3) is 11.5 Å². The van der Waals surface area contributed by atoms with E-state index in [-0.39, 0.29) is 11.5 Å². The summed E-state index contributed by atoms with van der Waals surface area (Å²) >= 11 is 1.35. The molecule has 7 heteroatoms. The highest BCUT2D eigenvalue weighted by Crippen LogP contribution is 2.28. The second-order valence-electron chi connectivity index (χ2n) is 8.24. The molecule has 6 nitrogen and oxygen atoms in total. The fourth-order valence-corrected chi connectivity index (χ4v) is 5.26. The minimum atomic E-state index is -0.0263. The molecule has 1 fully saturated rings. The number of carbonyl (C=O) groups excluding carboxylic acids is 1. The number of thiophene rings is 1. The van der Waals surface area contributed by atoms with Gasteiger partial charge in [-0.1, -0.05) is 50.1 Å². The summed E-state index contributed by atoms with van der Waals surface area (Å²) in [5.74, 6) is 0.0248. The van der Waals surface area contributed by atoms with Gasteiger partial charge in [0.15, 0.2) is 0 Å². The van der Waals surface area contributed by atoms with E-state index in [0.29, 0.717) is 34.7 Å². The molecule has 1 saturated heterocycles. The number of unbranched alkanes of at least 4 members (excludes halogenated alkanes) is 2. The van der Waals surface area contributed by atoms with E-state index in [0.717, 1.165) is 44.5 Å². The average Bonchev–Trinajstić information content (AvgIpc) is 3.13. The Kier molecular flexibility index (Phi) is 6.83. The van der Waals surface area contributed by atoms with Crippen LogP contribution in [-0.2, 0) is 13.1 Å². The highest BCUT2D eigenvalue weighted by atomic mass is 32.1. The standard InChI is InChI=1S/C24H30N4O2S/c1-3-4-8-11-28-17-25-22-20(23(28)29)18(2)21(31-22)24(30)27-14-12-26(13-15-27)16-19-9-6-5-7-10-19/h5-7,9-10,17H,3-4,8,11-16H2,1-2H3. The number of aryl methyl sites for hydroxylation is 2. The van der Waals surface area contributed by atoms with Crippen molar-refractivity contribution in [2.45, 2.75) is 46.2 Å². The zero-order chi connectivity index (χ0) is 21.8. The van der Waals surface area contributed by atoms with Gasteiger partial charge in [0.1, 0.15) is 4.83 Å². The van der Waals surface area contributed by atoms with Crippen LogP contribution in [0.3, 0.4) is 0 Å². The number of fused-ring (bicyclic) bond motifs is 1. The van der Waals surface area contributed by atoms with Crippen molar-refractivity contribution < 1.29 is 4.79 Å². The second-order valence-corrected chi connectivity index (χ2v) is 9.24. The molecule has 2 aromatic heterocycles. The first kappa shape index (κ1) is 21.7. The Morgan fingerprint density at radius 2 is 1.84 bits per heavy atom. The van der Waals surface area contributed by atoms with E-state index >= 15 is 0 Å². The maximum absolute atomic E-state index is 13.2. The predicted molar refractivity (Wildman–Crippen MR) is 126 cm³/mol. The molecule has 1 aliphatic heterocycles.